The van der Waals surface area contributed by atoms with Gasteiger partial charge in [0.15, 0.2) is 0 Å². The fraction of sp³-hybridized carbons (Fsp3) is 0.812. The maximum Gasteiger partial charge on any atom is 0.325 e. The number of ether oxygens (including phenoxy) is 2. The average Bonchev–Trinajstić information content (AvgIpc) is 2.53. The number of hydrogen-bond acceptors (Lipinski definition) is 6. The lowest BCUT2D eigenvalue weighted by Gasteiger charge is -2.21. The van der Waals surface area contributed by atoms with Gasteiger partial charge in [-0.1, -0.05) is 13.3 Å². The Morgan fingerprint density at radius 2 is 1.70 bits per heavy atom. The third-order valence-corrected chi connectivity index (χ3v) is 3.13. The molecule has 0 fully saturated rings. The van der Waals surface area contributed by atoms with Crippen molar-refractivity contribution in [2.24, 2.45) is 5.73 Å². The normalized spacial score (nSPS) is 10.2. The van der Waals surface area contributed by atoms with Gasteiger partial charge in [-0.25, -0.2) is 0 Å². The van der Waals surface area contributed by atoms with E-state index in [2.05, 4.69) is 0 Å². The lowest BCUT2D eigenvalue weighted by Crippen LogP contribution is -2.38. The molecule has 0 aromatic heterocycles. The molecular weight excluding hydrogens is 300 g/mol. The van der Waals surface area contributed by atoms with Crippen molar-refractivity contribution < 1.29 is 23.9 Å². The van der Waals surface area contributed by atoms with Gasteiger partial charge in [0.2, 0.25) is 5.91 Å². The first-order valence-corrected chi connectivity index (χ1v) is 8.34. The van der Waals surface area contributed by atoms with Gasteiger partial charge in [0.1, 0.15) is 6.54 Å². The zero-order chi connectivity index (χ0) is 17.5. The van der Waals surface area contributed by atoms with Crippen molar-refractivity contribution in [2.75, 3.05) is 32.8 Å². The van der Waals surface area contributed by atoms with E-state index in [9.17, 15) is 14.4 Å². The molecule has 0 radical (unpaired) electrons. The molecule has 0 rings (SSSR count). The average molecular weight is 330 g/mol. The number of nitrogens with two attached hydrogens (primary N) is 1. The minimum absolute atomic E-state index is 0.0729. The summed E-state index contributed by atoms with van der Waals surface area (Å²) in [6.45, 7) is 4.88. The second-order valence-corrected chi connectivity index (χ2v) is 5.19. The van der Waals surface area contributed by atoms with Gasteiger partial charge in [0.05, 0.1) is 19.6 Å². The molecule has 0 aromatic carbocycles. The summed E-state index contributed by atoms with van der Waals surface area (Å²) in [6, 6.07) is 0. The molecule has 0 unspecified atom stereocenters. The Hall–Kier alpha value is -1.63. The van der Waals surface area contributed by atoms with Crippen molar-refractivity contribution in [1.29, 1.82) is 0 Å². The van der Waals surface area contributed by atoms with Crippen molar-refractivity contribution in [3.8, 4) is 0 Å². The van der Waals surface area contributed by atoms with Crippen LogP contribution in [0, 0.1) is 0 Å². The summed E-state index contributed by atoms with van der Waals surface area (Å²) < 4.78 is 9.85. The molecule has 0 spiro atoms. The third-order valence-electron chi connectivity index (χ3n) is 3.13. The highest BCUT2D eigenvalue weighted by Gasteiger charge is 2.19. The van der Waals surface area contributed by atoms with Crippen molar-refractivity contribution in [1.82, 2.24) is 4.90 Å². The quantitative estimate of drug-likeness (QED) is 0.403. The maximum absolute atomic E-state index is 12.2. The Morgan fingerprint density at radius 1 is 0.957 bits per heavy atom. The number of amides is 1. The third kappa shape index (κ3) is 11.6. The van der Waals surface area contributed by atoms with E-state index in [1.54, 1.807) is 6.92 Å². The highest BCUT2D eigenvalue weighted by Crippen LogP contribution is 2.05. The largest absolute Gasteiger partial charge is 0.466 e. The molecule has 0 bridgehead atoms. The predicted molar refractivity (Wildman–Crippen MR) is 86.6 cm³/mol. The summed E-state index contributed by atoms with van der Waals surface area (Å²) in [7, 11) is 0. The first kappa shape index (κ1) is 21.4. The van der Waals surface area contributed by atoms with Crippen LogP contribution in [0.1, 0.15) is 52.4 Å². The van der Waals surface area contributed by atoms with E-state index in [-0.39, 0.29) is 31.4 Å². The van der Waals surface area contributed by atoms with Crippen molar-refractivity contribution in [3.63, 3.8) is 0 Å². The number of carbonyl (C=O) groups excluding carboxylic acids is 3. The number of esters is 2. The van der Waals surface area contributed by atoms with Gasteiger partial charge in [0, 0.05) is 13.0 Å². The lowest BCUT2D eigenvalue weighted by atomic mass is 10.1. The molecule has 2 N–H and O–H groups in total. The first-order chi connectivity index (χ1) is 11.0. The molecule has 0 aliphatic rings. The standard InChI is InChI=1S/C16H30N2O5/c1-3-12-23-16(21)13-18(11-9-15(20)22-4-2)14(19)8-6-5-7-10-17/h3-13,17H2,1-2H3. The van der Waals surface area contributed by atoms with Crippen LogP contribution in [0.2, 0.25) is 0 Å². The SMILES string of the molecule is CCCOC(=O)CN(CCC(=O)OCC)C(=O)CCCCCN. The van der Waals surface area contributed by atoms with Crippen LogP contribution in [0.4, 0.5) is 0 Å². The highest BCUT2D eigenvalue weighted by atomic mass is 16.5. The Labute approximate surface area is 138 Å². The summed E-state index contributed by atoms with van der Waals surface area (Å²) in [5.41, 5.74) is 5.42. The minimum atomic E-state index is -0.453. The van der Waals surface area contributed by atoms with Gasteiger partial charge in [0.25, 0.3) is 0 Å². The van der Waals surface area contributed by atoms with E-state index >= 15 is 0 Å². The maximum atomic E-state index is 12.2. The van der Waals surface area contributed by atoms with Crippen LogP contribution in [0.3, 0.4) is 0 Å². The zero-order valence-electron chi connectivity index (χ0n) is 14.3. The van der Waals surface area contributed by atoms with Crippen molar-refractivity contribution in [3.05, 3.63) is 0 Å². The Bertz CT molecular complexity index is 360. The summed E-state index contributed by atoms with van der Waals surface area (Å²) >= 11 is 0. The predicted octanol–water partition coefficient (Wildman–Crippen LogP) is 1.24. The molecule has 1 amide bonds. The number of carbonyl (C=O) groups is 3. The second-order valence-electron chi connectivity index (χ2n) is 5.19. The van der Waals surface area contributed by atoms with E-state index < -0.39 is 5.97 Å². The molecule has 0 heterocycles. The van der Waals surface area contributed by atoms with E-state index in [4.69, 9.17) is 15.2 Å². The molecule has 0 saturated carbocycles. The molecule has 0 saturated heterocycles. The zero-order valence-corrected chi connectivity index (χ0v) is 14.3. The number of unbranched alkanes of at least 4 members (excludes halogenated alkanes) is 2. The van der Waals surface area contributed by atoms with Crippen LogP contribution < -0.4 is 5.73 Å². The Balaban J connectivity index is 4.42. The van der Waals surface area contributed by atoms with Gasteiger partial charge >= 0.3 is 11.9 Å². The molecular formula is C16H30N2O5. The van der Waals surface area contributed by atoms with Crippen LogP contribution in [0.25, 0.3) is 0 Å². The van der Waals surface area contributed by atoms with Gasteiger partial charge in [-0.3, -0.25) is 14.4 Å². The van der Waals surface area contributed by atoms with Crippen molar-refractivity contribution in [2.45, 2.75) is 52.4 Å². The lowest BCUT2D eigenvalue weighted by molar-refractivity contribution is -0.151. The van der Waals surface area contributed by atoms with Gasteiger partial charge < -0.3 is 20.1 Å². The summed E-state index contributed by atoms with van der Waals surface area (Å²) in [5, 5.41) is 0. The van der Waals surface area contributed by atoms with Gasteiger partial charge in [-0.05, 0) is 32.7 Å². The van der Waals surface area contributed by atoms with Gasteiger partial charge in [-0.15, -0.1) is 0 Å². The van der Waals surface area contributed by atoms with Crippen LogP contribution >= 0.6 is 0 Å². The Morgan fingerprint density at radius 3 is 2.30 bits per heavy atom. The van der Waals surface area contributed by atoms with Crippen LogP contribution in [-0.2, 0) is 23.9 Å². The summed E-state index contributed by atoms with van der Waals surface area (Å²) in [6.07, 6.45) is 3.59. The highest BCUT2D eigenvalue weighted by molar-refractivity contribution is 5.82. The fourth-order valence-corrected chi connectivity index (χ4v) is 1.92. The Kier molecular flexibility index (Phi) is 13.0. The smallest absolute Gasteiger partial charge is 0.325 e. The van der Waals surface area contributed by atoms with E-state index in [1.165, 1.54) is 4.90 Å². The van der Waals surface area contributed by atoms with Crippen LogP contribution in [0.15, 0.2) is 0 Å². The minimum Gasteiger partial charge on any atom is -0.466 e. The first-order valence-electron chi connectivity index (χ1n) is 8.34. The molecule has 0 aliphatic heterocycles. The summed E-state index contributed by atoms with van der Waals surface area (Å²) in [4.78, 5) is 36.7. The number of rotatable bonds is 13. The molecule has 7 nitrogen and oxygen atoms in total. The van der Waals surface area contributed by atoms with Crippen LogP contribution in [-0.4, -0.2) is 55.6 Å². The molecule has 134 valence electrons. The topological polar surface area (TPSA) is 98.9 Å². The molecule has 0 atom stereocenters. The molecule has 23 heavy (non-hydrogen) atoms. The number of hydrogen-bond donors (Lipinski definition) is 1. The van der Waals surface area contributed by atoms with E-state index in [0.29, 0.717) is 26.2 Å². The molecule has 7 heteroatoms. The second kappa shape index (κ2) is 14.0. The molecule has 0 aromatic rings. The van der Waals surface area contributed by atoms with E-state index in [1.807, 2.05) is 6.92 Å². The van der Waals surface area contributed by atoms with Gasteiger partial charge in [-0.2, -0.15) is 0 Å². The number of nitrogens with zero attached hydrogens (tertiary/aromatic N) is 1. The molecule has 0 aliphatic carbocycles. The van der Waals surface area contributed by atoms with Crippen molar-refractivity contribution >= 4 is 17.8 Å². The van der Waals surface area contributed by atoms with Crippen LogP contribution in [0.5, 0.6) is 0 Å². The summed E-state index contributed by atoms with van der Waals surface area (Å²) in [5.74, 6) is -0.985. The monoisotopic (exact) mass is 330 g/mol. The fourth-order valence-electron chi connectivity index (χ4n) is 1.92. The van der Waals surface area contributed by atoms with E-state index in [0.717, 1.165) is 25.7 Å².